The number of aromatic nitrogens is 3. The largest absolute Gasteiger partial charge is 0.330 e. The van der Waals surface area contributed by atoms with E-state index in [0.717, 1.165) is 19.4 Å². The molecule has 1 aromatic rings. The lowest BCUT2D eigenvalue weighted by molar-refractivity contribution is 0.425. The van der Waals surface area contributed by atoms with Gasteiger partial charge in [0.15, 0.2) is 0 Å². The molecule has 4 nitrogen and oxygen atoms in total. The van der Waals surface area contributed by atoms with Crippen molar-refractivity contribution in [1.29, 1.82) is 0 Å². The van der Waals surface area contributed by atoms with Gasteiger partial charge in [0.1, 0.15) is 0 Å². The second-order valence-electron chi connectivity index (χ2n) is 4.37. The van der Waals surface area contributed by atoms with Crippen molar-refractivity contribution in [2.75, 3.05) is 6.54 Å². The van der Waals surface area contributed by atoms with E-state index < -0.39 is 0 Å². The molecule has 1 aliphatic rings. The Labute approximate surface area is 84.5 Å². The molecule has 2 rings (SSSR count). The second-order valence-corrected chi connectivity index (χ2v) is 4.37. The molecule has 2 N–H and O–H groups in total. The molecule has 78 valence electrons. The smallest absolute Gasteiger partial charge is 0.0859 e. The minimum Gasteiger partial charge on any atom is -0.330 e. The second kappa shape index (κ2) is 3.69. The molecule has 0 aliphatic heterocycles. The van der Waals surface area contributed by atoms with Gasteiger partial charge < -0.3 is 5.73 Å². The first-order valence-electron chi connectivity index (χ1n) is 5.35. The third kappa shape index (κ3) is 1.54. The van der Waals surface area contributed by atoms with Gasteiger partial charge in [0, 0.05) is 6.04 Å². The highest BCUT2D eigenvalue weighted by molar-refractivity contribution is 5.15. The maximum Gasteiger partial charge on any atom is 0.0859 e. The predicted octanol–water partition coefficient (Wildman–Crippen LogP) is 0.923. The van der Waals surface area contributed by atoms with Crippen molar-refractivity contribution in [3.63, 3.8) is 0 Å². The van der Waals surface area contributed by atoms with Gasteiger partial charge in [0.05, 0.1) is 11.4 Å². The molecule has 0 spiro atoms. The van der Waals surface area contributed by atoms with Crippen LogP contribution in [0.5, 0.6) is 0 Å². The van der Waals surface area contributed by atoms with Gasteiger partial charge >= 0.3 is 0 Å². The first-order valence-corrected chi connectivity index (χ1v) is 5.35. The average molecular weight is 194 g/mol. The topological polar surface area (TPSA) is 56.7 Å². The number of hydrogen-bond acceptors (Lipinski definition) is 3. The van der Waals surface area contributed by atoms with Crippen LogP contribution in [-0.4, -0.2) is 21.5 Å². The molecule has 1 aromatic heterocycles. The Balaban J connectivity index is 2.28. The van der Waals surface area contributed by atoms with Crippen molar-refractivity contribution in [1.82, 2.24) is 15.0 Å². The summed E-state index contributed by atoms with van der Waals surface area (Å²) in [6.45, 7) is 5.06. The third-order valence-electron chi connectivity index (χ3n) is 2.97. The van der Waals surface area contributed by atoms with E-state index in [9.17, 15) is 0 Å². The number of aryl methyl sites for hydroxylation is 1. The van der Waals surface area contributed by atoms with Gasteiger partial charge in [-0.3, -0.25) is 0 Å². The maximum absolute atomic E-state index is 5.71. The Morgan fingerprint density at radius 1 is 1.57 bits per heavy atom. The van der Waals surface area contributed by atoms with Crippen LogP contribution < -0.4 is 5.73 Å². The lowest BCUT2D eigenvalue weighted by Gasteiger charge is -2.21. The summed E-state index contributed by atoms with van der Waals surface area (Å²) in [7, 11) is 0. The Hall–Kier alpha value is -0.900. The first kappa shape index (κ1) is 9.65. The number of nitrogens with two attached hydrogens (primary N) is 1. The van der Waals surface area contributed by atoms with E-state index in [4.69, 9.17) is 5.73 Å². The van der Waals surface area contributed by atoms with Gasteiger partial charge in [0.25, 0.3) is 0 Å². The van der Waals surface area contributed by atoms with Crippen LogP contribution in [0.15, 0.2) is 0 Å². The van der Waals surface area contributed by atoms with Crippen molar-refractivity contribution >= 4 is 0 Å². The molecule has 0 radical (unpaired) electrons. The van der Waals surface area contributed by atoms with Crippen LogP contribution >= 0.6 is 0 Å². The van der Waals surface area contributed by atoms with Crippen molar-refractivity contribution < 1.29 is 0 Å². The van der Waals surface area contributed by atoms with E-state index in [-0.39, 0.29) is 0 Å². The summed E-state index contributed by atoms with van der Waals surface area (Å²) in [4.78, 5) is 0. The average Bonchev–Trinajstić information content (AvgIpc) is 2.59. The number of fused-ring (bicyclic) bond motifs is 1. The van der Waals surface area contributed by atoms with E-state index in [1.807, 2.05) is 4.68 Å². The molecule has 0 bridgehead atoms. The normalized spacial score (nSPS) is 21.3. The standard InChI is InChI=1S/C10H18N4/c1-7(2)14-10-5-8(6-11)3-4-9(10)12-13-14/h7-8H,3-6,11H2,1-2H3. The van der Waals surface area contributed by atoms with Crippen LogP contribution in [0.1, 0.15) is 37.7 Å². The molecule has 0 fully saturated rings. The highest BCUT2D eigenvalue weighted by Crippen LogP contribution is 2.24. The fourth-order valence-electron chi connectivity index (χ4n) is 2.08. The van der Waals surface area contributed by atoms with E-state index >= 15 is 0 Å². The highest BCUT2D eigenvalue weighted by atomic mass is 15.4. The highest BCUT2D eigenvalue weighted by Gasteiger charge is 2.23. The fourth-order valence-corrected chi connectivity index (χ4v) is 2.08. The molecule has 4 heteroatoms. The summed E-state index contributed by atoms with van der Waals surface area (Å²) in [6.07, 6.45) is 3.27. The van der Waals surface area contributed by atoms with Gasteiger partial charge in [0.2, 0.25) is 0 Å². The van der Waals surface area contributed by atoms with Crippen molar-refractivity contribution in [3.8, 4) is 0 Å². The zero-order chi connectivity index (χ0) is 10.1. The van der Waals surface area contributed by atoms with Crippen molar-refractivity contribution in [2.24, 2.45) is 11.7 Å². The van der Waals surface area contributed by atoms with E-state index in [1.165, 1.54) is 17.8 Å². The summed E-state index contributed by atoms with van der Waals surface area (Å²) in [6, 6.07) is 0.405. The Morgan fingerprint density at radius 3 is 3.00 bits per heavy atom. The SMILES string of the molecule is CC(C)n1nnc2c1CC(CN)CC2. The maximum atomic E-state index is 5.71. The summed E-state index contributed by atoms with van der Waals surface area (Å²) in [5.74, 6) is 0.624. The van der Waals surface area contributed by atoms with E-state index in [2.05, 4.69) is 24.2 Å². The van der Waals surface area contributed by atoms with Crippen molar-refractivity contribution in [2.45, 2.75) is 39.2 Å². The van der Waals surface area contributed by atoms with Gasteiger partial charge in [-0.15, -0.1) is 5.10 Å². The third-order valence-corrected chi connectivity index (χ3v) is 2.97. The van der Waals surface area contributed by atoms with Crippen LogP contribution in [0.3, 0.4) is 0 Å². The van der Waals surface area contributed by atoms with Crippen LogP contribution in [0, 0.1) is 5.92 Å². The Bertz CT molecular complexity index is 316. The molecular weight excluding hydrogens is 176 g/mol. The molecule has 14 heavy (non-hydrogen) atoms. The molecular formula is C10H18N4. The predicted molar refractivity (Wildman–Crippen MR) is 55.0 cm³/mol. The van der Waals surface area contributed by atoms with Crippen molar-refractivity contribution in [3.05, 3.63) is 11.4 Å². The summed E-state index contributed by atoms with van der Waals surface area (Å²) < 4.78 is 2.04. The quantitative estimate of drug-likeness (QED) is 0.761. The Kier molecular flexibility index (Phi) is 2.54. The molecule has 0 saturated carbocycles. The molecule has 0 amide bonds. The lowest BCUT2D eigenvalue weighted by Crippen LogP contribution is -2.24. The molecule has 1 unspecified atom stereocenters. The van der Waals surface area contributed by atoms with Crippen LogP contribution in [0.25, 0.3) is 0 Å². The van der Waals surface area contributed by atoms with Crippen LogP contribution in [0.4, 0.5) is 0 Å². The lowest BCUT2D eigenvalue weighted by atomic mass is 9.90. The van der Waals surface area contributed by atoms with Crippen LogP contribution in [-0.2, 0) is 12.8 Å². The van der Waals surface area contributed by atoms with Gasteiger partial charge in [-0.05, 0) is 45.6 Å². The molecule has 1 atom stereocenters. The zero-order valence-electron chi connectivity index (χ0n) is 8.90. The zero-order valence-corrected chi connectivity index (χ0v) is 8.90. The fraction of sp³-hybridized carbons (Fsp3) is 0.800. The minimum absolute atomic E-state index is 0.405. The van der Waals surface area contributed by atoms with E-state index in [0.29, 0.717) is 12.0 Å². The summed E-state index contributed by atoms with van der Waals surface area (Å²) in [5, 5.41) is 8.41. The number of rotatable bonds is 2. The Morgan fingerprint density at radius 2 is 2.36 bits per heavy atom. The monoisotopic (exact) mass is 194 g/mol. The number of nitrogens with zero attached hydrogens (tertiary/aromatic N) is 3. The van der Waals surface area contributed by atoms with Gasteiger partial charge in [-0.1, -0.05) is 5.21 Å². The molecule has 0 aromatic carbocycles. The summed E-state index contributed by atoms with van der Waals surface area (Å²) in [5.41, 5.74) is 8.20. The molecule has 0 saturated heterocycles. The first-order chi connectivity index (χ1) is 6.72. The molecule has 1 aliphatic carbocycles. The summed E-state index contributed by atoms with van der Waals surface area (Å²) >= 11 is 0. The van der Waals surface area contributed by atoms with Gasteiger partial charge in [-0.2, -0.15) is 0 Å². The van der Waals surface area contributed by atoms with Crippen LogP contribution in [0.2, 0.25) is 0 Å². The van der Waals surface area contributed by atoms with E-state index in [1.54, 1.807) is 0 Å². The molecule has 1 heterocycles. The number of hydrogen-bond donors (Lipinski definition) is 1. The minimum atomic E-state index is 0.405. The van der Waals surface area contributed by atoms with Gasteiger partial charge in [-0.25, -0.2) is 4.68 Å².